The Bertz CT molecular complexity index is 646. The quantitative estimate of drug-likeness (QED) is 0.832. The summed E-state index contributed by atoms with van der Waals surface area (Å²) in [5, 5.41) is 4.28. The molecule has 1 N–H and O–H groups in total. The van der Waals surface area contributed by atoms with Crippen molar-refractivity contribution in [1.29, 1.82) is 0 Å². The Balaban J connectivity index is 2.07. The Labute approximate surface area is 126 Å². The zero-order chi connectivity index (χ0) is 14.3. The first kappa shape index (κ1) is 13.4. The number of nitrogens with one attached hydrogen (secondary N) is 1. The lowest BCUT2D eigenvalue weighted by Gasteiger charge is -2.32. The average Bonchev–Trinajstić information content (AvgIpc) is 2.73. The lowest BCUT2D eigenvalue weighted by Crippen LogP contribution is -2.37. The van der Waals surface area contributed by atoms with Crippen molar-refractivity contribution < 1.29 is 0 Å². The van der Waals surface area contributed by atoms with E-state index in [2.05, 4.69) is 42.4 Å². The van der Waals surface area contributed by atoms with Crippen LogP contribution in [0.1, 0.15) is 19.4 Å². The first-order chi connectivity index (χ1) is 9.60. The molecule has 0 aromatic heterocycles. The van der Waals surface area contributed by atoms with Crippen LogP contribution >= 0.6 is 11.6 Å². The summed E-state index contributed by atoms with van der Waals surface area (Å²) >= 11 is 6.12. The monoisotopic (exact) mass is 282 g/mol. The summed E-state index contributed by atoms with van der Waals surface area (Å²) in [6, 6.07) is 7.95. The maximum absolute atomic E-state index is 6.12. The zero-order valence-corrected chi connectivity index (χ0v) is 12.4. The highest BCUT2D eigenvalue weighted by Gasteiger charge is 2.31. The molecule has 0 amide bonds. The predicted octanol–water partition coefficient (Wildman–Crippen LogP) is 3.69. The molecule has 2 aliphatic rings. The molecular formula is C16H16BClN2. The smallest absolute Gasteiger partial charge is 0.130 e. The van der Waals surface area contributed by atoms with Crippen molar-refractivity contribution >= 4 is 25.0 Å². The number of rotatable bonds is 2. The molecule has 2 nitrogen and oxygen atoms in total. The fraction of sp³-hybridized carbons (Fsp3) is 0.250. The van der Waals surface area contributed by atoms with E-state index in [1.165, 1.54) is 17.0 Å². The van der Waals surface area contributed by atoms with Gasteiger partial charge in [-0.15, -0.1) is 0 Å². The lowest BCUT2D eigenvalue weighted by atomic mass is 9.90. The number of halogens is 1. The number of benzene rings is 1. The third kappa shape index (κ3) is 2.16. The highest BCUT2D eigenvalue weighted by molar-refractivity contribution is 6.30. The van der Waals surface area contributed by atoms with Gasteiger partial charge in [-0.05, 0) is 37.1 Å². The van der Waals surface area contributed by atoms with E-state index in [1.54, 1.807) is 0 Å². The second-order valence-electron chi connectivity index (χ2n) is 5.18. The fourth-order valence-corrected chi connectivity index (χ4v) is 2.87. The minimum Gasteiger partial charge on any atom is -0.363 e. The van der Waals surface area contributed by atoms with Crippen LogP contribution in [0.2, 0.25) is 11.3 Å². The highest BCUT2D eigenvalue weighted by Crippen LogP contribution is 2.35. The van der Waals surface area contributed by atoms with Gasteiger partial charge in [-0.3, -0.25) is 0 Å². The standard InChI is InChI=1S/C16H16BClN2/c1-10-11(2)20-9-12(8-17)6-15(16(20)19-10)13-4-3-5-14(18)7-13/h3-7,9,16,19H,8H2,1-2H3. The van der Waals surface area contributed by atoms with E-state index in [0.29, 0.717) is 6.32 Å². The zero-order valence-electron chi connectivity index (χ0n) is 11.7. The molecule has 3 rings (SSSR count). The van der Waals surface area contributed by atoms with Crippen LogP contribution in [0.3, 0.4) is 0 Å². The van der Waals surface area contributed by atoms with Crippen molar-refractivity contribution in [3.05, 3.63) is 64.1 Å². The molecule has 4 heteroatoms. The van der Waals surface area contributed by atoms with Gasteiger partial charge in [0.15, 0.2) is 0 Å². The molecule has 1 atom stereocenters. The number of hydrogen-bond acceptors (Lipinski definition) is 2. The maximum atomic E-state index is 6.12. The van der Waals surface area contributed by atoms with Gasteiger partial charge in [-0.1, -0.05) is 36.1 Å². The summed E-state index contributed by atoms with van der Waals surface area (Å²) < 4.78 is 0. The van der Waals surface area contributed by atoms with Crippen LogP contribution in [-0.4, -0.2) is 18.9 Å². The molecule has 0 aliphatic carbocycles. The van der Waals surface area contributed by atoms with Crippen LogP contribution < -0.4 is 5.32 Å². The van der Waals surface area contributed by atoms with Crippen molar-refractivity contribution in [2.45, 2.75) is 26.3 Å². The number of allylic oxidation sites excluding steroid dienone is 4. The third-order valence-electron chi connectivity index (χ3n) is 3.90. The first-order valence-electron chi connectivity index (χ1n) is 6.71. The first-order valence-corrected chi connectivity index (χ1v) is 7.08. The van der Waals surface area contributed by atoms with Gasteiger partial charge >= 0.3 is 0 Å². The molecule has 20 heavy (non-hydrogen) atoms. The lowest BCUT2D eigenvalue weighted by molar-refractivity contribution is 0.408. The largest absolute Gasteiger partial charge is 0.363 e. The van der Waals surface area contributed by atoms with Crippen LogP contribution in [0.4, 0.5) is 0 Å². The van der Waals surface area contributed by atoms with E-state index in [-0.39, 0.29) is 6.17 Å². The van der Waals surface area contributed by atoms with Crippen molar-refractivity contribution in [3.63, 3.8) is 0 Å². The van der Waals surface area contributed by atoms with Gasteiger partial charge in [0.1, 0.15) is 6.17 Å². The van der Waals surface area contributed by atoms with E-state index < -0.39 is 0 Å². The summed E-state index contributed by atoms with van der Waals surface area (Å²) in [6.07, 6.45) is 4.94. The van der Waals surface area contributed by atoms with Crippen LogP contribution in [0, 0.1) is 0 Å². The summed E-state index contributed by atoms with van der Waals surface area (Å²) in [6.45, 7) is 4.22. The van der Waals surface area contributed by atoms with Crippen LogP contribution in [0.5, 0.6) is 0 Å². The van der Waals surface area contributed by atoms with E-state index in [9.17, 15) is 0 Å². The average molecular weight is 283 g/mol. The number of nitrogens with zero attached hydrogens (tertiary/aromatic N) is 1. The Morgan fingerprint density at radius 2 is 2.15 bits per heavy atom. The van der Waals surface area contributed by atoms with Gasteiger partial charge in [0.2, 0.25) is 0 Å². The molecule has 0 spiro atoms. The van der Waals surface area contributed by atoms with Gasteiger partial charge in [0.25, 0.3) is 0 Å². The molecule has 1 unspecified atom stereocenters. The molecule has 2 heterocycles. The van der Waals surface area contributed by atoms with Gasteiger partial charge in [-0.2, -0.15) is 0 Å². The molecule has 1 aromatic rings. The van der Waals surface area contributed by atoms with Crippen molar-refractivity contribution in [1.82, 2.24) is 10.2 Å². The highest BCUT2D eigenvalue weighted by atomic mass is 35.5. The molecule has 2 radical (unpaired) electrons. The van der Waals surface area contributed by atoms with Crippen LogP contribution in [0.25, 0.3) is 5.57 Å². The molecule has 0 saturated carbocycles. The topological polar surface area (TPSA) is 15.3 Å². The third-order valence-corrected chi connectivity index (χ3v) is 4.13. The summed E-state index contributed by atoms with van der Waals surface area (Å²) in [7, 11) is 5.83. The molecule has 0 bridgehead atoms. The Hall–Kier alpha value is -1.61. The Morgan fingerprint density at radius 3 is 2.85 bits per heavy atom. The number of fused-ring (bicyclic) bond motifs is 1. The minimum atomic E-state index is 0.128. The summed E-state index contributed by atoms with van der Waals surface area (Å²) in [5.41, 5.74) is 5.87. The SMILES string of the molecule is [B]CC1=CN2C(C)=C(C)NC2C(c2cccc(Cl)c2)=C1. The van der Waals surface area contributed by atoms with E-state index in [4.69, 9.17) is 19.4 Å². The van der Waals surface area contributed by atoms with Gasteiger partial charge < -0.3 is 10.2 Å². The van der Waals surface area contributed by atoms with Crippen LogP contribution in [0.15, 0.2) is 53.5 Å². The molecule has 2 aliphatic heterocycles. The summed E-state index contributed by atoms with van der Waals surface area (Å²) in [4.78, 5) is 2.24. The fourth-order valence-electron chi connectivity index (χ4n) is 2.68. The normalized spacial score (nSPS) is 21.4. The number of hydrogen-bond donors (Lipinski definition) is 1. The van der Waals surface area contributed by atoms with E-state index >= 15 is 0 Å². The van der Waals surface area contributed by atoms with Gasteiger partial charge in [0, 0.05) is 28.2 Å². The van der Waals surface area contributed by atoms with Crippen LogP contribution in [-0.2, 0) is 0 Å². The van der Waals surface area contributed by atoms with Gasteiger partial charge in [0.05, 0.1) is 7.85 Å². The van der Waals surface area contributed by atoms with Crippen molar-refractivity contribution in [3.8, 4) is 0 Å². The van der Waals surface area contributed by atoms with E-state index in [0.717, 1.165) is 16.2 Å². The van der Waals surface area contributed by atoms with Gasteiger partial charge in [-0.25, -0.2) is 0 Å². The molecule has 100 valence electrons. The van der Waals surface area contributed by atoms with Crippen molar-refractivity contribution in [2.75, 3.05) is 0 Å². The summed E-state index contributed by atoms with van der Waals surface area (Å²) in [5.74, 6) is 0. The Kier molecular flexibility index (Phi) is 3.39. The Morgan fingerprint density at radius 1 is 1.35 bits per heavy atom. The maximum Gasteiger partial charge on any atom is 0.130 e. The second kappa shape index (κ2) is 5.06. The molecular weight excluding hydrogens is 266 g/mol. The van der Waals surface area contributed by atoms with E-state index in [1.807, 2.05) is 18.2 Å². The second-order valence-corrected chi connectivity index (χ2v) is 5.62. The minimum absolute atomic E-state index is 0.128. The molecule has 1 aromatic carbocycles. The van der Waals surface area contributed by atoms with Crippen molar-refractivity contribution in [2.24, 2.45) is 0 Å². The predicted molar refractivity (Wildman–Crippen MR) is 85.2 cm³/mol. The molecule has 0 fully saturated rings. The molecule has 0 saturated heterocycles.